The van der Waals surface area contributed by atoms with Crippen molar-refractivity contribution >= 4 is 23.4 Å². The molecule has 2 fully saturated rings. The van der Waals surface area contributed by atoms with Gasteiger partial charge in [0.1, 0.15) is 5.69 Å². The summed E-state index contributed by atoms with van der Waals surface area (Å²) in [7, 11) is 1.28. The maximum Gasteiger partial charge on any atom is 0.330 e. The molecule has 0 radical (unpaired) electrons. The SMILES string of the molecule is COC(=O)/C=C\c1ccc(N2CCC(C3OCCO3)CC2)c([N+](=O)[O-])c1. The minimum Gasteiger partial charge on any atom is -0.466 e. The number of ether oxygens (including phenoxy) is 3. The molecule has 0 saturated carbocycles. The second-order valence-electron chi connectivity index (χ2n) is 6.30. The molecule has 1 aromatic carbocycles. The maximum absolute atomic E-state index is 11.5. The van der Waals surface area contributed by atoms with E-state index in [1.165, 1.54) is 25.3 Å². The number of nitro groups is 1. The lowest BCUT2D eigenvalue weighted by atomic mass is 9.95. The topological polar surface area (TPSA) is 91.1 Å². The smallest absolute Gasteiger partial charge is 0.330 e. The van der Waals surface area contributed by atoms with Gasteiger partial charge in [-0.2, -0.15) is 0 Å². The van der Waals surface area contributed by atoms with Gasteiger partial charge in [-0.1, -0.05) is 6.07 Å². The Morgan fingerprint density at radius 2 is 2.00 bits per heavy atom. The summed E-state index contributed by atoms with van der Waals surface area (Å²) >= 11 is 0. The van der Waals surface area contributed by atoms with Crippen LogP contribution < -0.4 is 4.90 Å². The zero-order chi connectivity index (χ0) is 18.5. The van der Waals surface area contributed by atoms with Crippen molar-refractivity contribution in [2.75, 3.05) is 38.3 Å². The standard InChI is InChI=1S/C18H22N2O6/c1-24-17(21)5-3-13-2-4-15(16(12-13)20(22)23)19-8-6-14(7-9-19)18-25-10-11-26-18/h2-5,12,14,18H,6-11H2,1H3/b5-3-. The normalized spacial score (nSPS) is 19.2. The molecule has 3 rings (SSSR count). The van der Waals surface area contributed by atoms with E-state index in [0.717, 1.165) is 12.8 Å². The average Bonchev–Trinajstić information content (AvgIpc) is 3.20. The summed E-state index contributed by atoms with van der Waals surface area (Å²) in [5.41, 5.74) is 1.20. The fourth-order valence-corrected chi connectivity index (χ4v) is 3.35. The summed E-state index contributed by atoms with van der Waals surface area (Å²) in [6.07, 6.45) is 4.34. The Bertz CT molecular complexity index is 691. The van der Waals surface area contributed by atoms with Crippen LogP contribution >= 0.6 is 0 Å². The molecule has 0 N–H and O–H groups in total. The molecular weight excluding hydrogens is 340 g/mol. The summed E-state index contributed by atoms with van der Waals surface area (Å²) in [6.45, 7) is 2.70. The first-order valence-corrected chi connectivity index (χ1v) is 8.61. The minimum absolute atomic E-state index is 0.0313. The average molecular weight is 362 g/mol. The van der Waals surface area contributed by atoms with Gasteiger partial charge in [-0.15, -0.1) is 0 Å². The van der Waals surface area contributed by atoms with E-state index in [4.69, 9.17) is 9.47 Å². The second kappa shape index (κ2) is 8.29. The molecule has 2 saturated heterocycles. The third kappa shape index (κ3) is 4.20. The van der Waals surface area contributed by atoms with Crippen molar-refractivity contribution in [2.45, 2.75) is 19.1 Å². The first kappa shape index (κ1) is 18.3. The lowest BCUT2D eigenvalue weighted by Crippen LogP contribution is -2.38. The lowest BCUT2D eigenvalue weighted by molar-refractivity contribution is -0.384. The third-order valence-electron chi connectivity index (χ3n) is 4.72. The van der Waals surface area contributed by atoms with Crippen molar-refractivity contribution < 1.29 is 23.9 Å². The van der Waals surface area contributed by atoms with Crippen LogP contribution in [0.2, 0.25) is 0 Å². The van der Waals surface area contributed by atoms with E-state index >= 15 is 0 Å². The van der Waals surface area contributed by atoms with Gasteiger partial charge in [0.15, 0.2) is 6.29 Å². The van der Waals surface area contributed by atoms with Crippen molar-refractivity contribution in [3.63, 3.8) is 0 Å². The predicted octanol–water partition coefficient (Wildman–Crippen LogP) is 2.37. The number of anilines is 1. The van der Waals surface area contributed by atoms with Gasteiger partial charge in [0.05, 0.1) is 25.2 Å². The largest absolute Gasteiger partial charge is 0.466 e. The van der Waals surface area contributed by atoms with Crippen molar-refractivity contribution in [1.82, 2.24) is 0 Å². The van der Waals surface area contributed by atoms with E-state index in [-0.39, 0.29) is 16.9 Å². The number of rotatable bonds is 5. The highest BCUT2D eigenvalue weighted by Gasteiger charge is 2.32. The van der Waals surface area contributed by atoms with E-state index in [2.05, 4.69) is 4.74 Å². The Kier molecular flexibility index (Phi) is 5.85. The number of hydrogen-bond donors (Lipinski definition) is 0. The van der Waals surface area contributed by atoms with Crippen molar-refractivity contribution in [2.24, 2.45) is 5.92 Å². The van der Waals surface area contributed by atoms with E-state index in [0.29, 0.717) is 43.5 Å². The Hall–Kier alpha value is -2.45. The molecule has 0 bridgehead atoms. The van der Waals surface area contributed by atoms with E-state index in [1.54, 1.807) is 12.1 Å². The van der Waals surface area contributed by atoms with E-state index < -0.39 is 5.97 Å². The number of nitro benzene ring substituents is 1. The number of nitrogens with zero attached hydrogens (tertiary/aromatic N) is 2. The number of hydrogen-bond acceptors (Lipinski definition) is 7. The Morgan fingerprint density at radius 3 is 2.62 bits per heavy atom. The van der Waals surface area contributed by atoms with Gasteiger partial charge >= 0.3 is 5.97 Å². The molecule has 140 valence electrons. The maximum atomic E-state index is 11.5. The molecule has 0 aliphatic carbocycles. The molecule has 2 aliphatic rings. The van der Waals surface area contributed by atoms with Crippen LogP contribution in [0.1, 0.15) is 18.4 Å². The molecule has 0 amide bonds. The number of carbonyl (C=O) groups excluding carboxylic acids is 1. The van der Waals surface area contributed by atoms with Crippen LogP contribution in [0.4, 0.5) is 11.4 Å². The zero-order valence-corrected chi connectivity index (χ0v) is 14.6. The second-order valence-corrected chi connectivity index (χ2v) is 6.30. The highest BCUT2D eigenvalue weighted by Crippen LogP contribution is 2.34. The summed E-state index contributed by atoms with van der Waals surface area (Å²) < 4.78 is 15.7. The highest BCUT2D eigenvalue weighted by molar-refractivity contribution is 5.87. The number of esters is 1. The molecule has 2 aliphatic heterocycles. The fraction of sp³-hybridized carbons (Fsp3) is 0.500. The monoisotopic (exact) mass is 362 g/mol. The van der Waals surface area contributed by atoms with Crippen molar-refractivity contribution in [1.29, 1.82) is 0 Å². The Balaban J connectivity index is 1.72. The van der Waals surface area contributed by atoms with E-state index in [9.17, 15) is 14.9 Å². The van der Waals surface area contributed by atoms with E-state index in [1.807, 2.05) is 4.90 Å². The van der Waals surface area contributed by atoms with Crippen LogP contribution in [0.3, 0.4) is 0 Å². The van der Waals surface area contributed by atoms with Crippen LogP contribution in [0.15, 0.2) is 24.3 Å². The molecule has 8 nitrogen and oxygen atoms in total. The number of piperidine rings is 1. The Labute approximate surface area is 151 Å². The predicted molar refractivity (Wildman–Crippen MR) is 94.8 cm³/mol. The van der Waals surface area contributed by atoms with Gasteiger partial charge in [0.25, 0.3) is 5.69 Å². The number of benzene rings is 1. The van der Waals surface area contributed by atoms with Gasteiger partial charge in [-0.05, 0) is 30.5 Å². The first-order chi connectivity index (χ1) is 12.6. The number of methoxy groups -OCH3 is 1. The van der Waals surface area contributed by atoms with Gasteiger partial charge in [0, 0.05) is 31.1 Å². The molecule has 0 unspecified atom stereocenters. The highest BCUT2D eigenvalue weighted by atomic mass is 16.7. The van der Waals surface area contributed by atoms with Gasteiger partial charge < -0.3 is 19.1 Å². The molecule has 1 aromatic rings. The lowest BCUT2D eigenvalue weighted by Gasteiger charge is -2.35. The van der Waals surface area contributed by atoms with Crippen LogP contribution in [-0.4, -0.2) is 50.6 Å². The first-order valence-electron chi connectivity index (χ1n) is 8.61. The molecule has 26 heavy (non-hydrogen) atoms. The van der Waals surface area contributed by atoms with Gasteiger partial charge in [-0.25, -0.2) is 4.79 Å². The molecule has 0 spiro atoms. The quantitative estimate of drug-likeness (QED) is 0.344. The fourth-order valence-electron chi connectivity index (χ4n) is 3.35. The van der Waals surface area contributed by atoms with Crippen molar-refractivity contribution in [3.8, 4) is 0 Å². The van der Waals surface area contributed by atoms with Gasteiger partial charge in [0.2, 0.25) is 0 Å². The summed E-state index contributed by atoms with van der Waals surface area (Å²) in [5, 5.41) is 11.5. The summed E-state index contributed by atoms with van der Waals surface area (Å²) in [4.78, 5) is 24.3. The number of carbonyl (C=O) groups is 1. The molecule has 0 aromatic heterocycles. The van der Waals surface area contributed by atoms with Gasteiger partial charge in [-0.3, -0.25) is 10.1 Å². The minimum atomic E-state index is -0.504. The van der Waals surface area contributed by atoms with Crippen LogP contribution in [0, 0.1) is 16.0 Å². The van der Waals surface area contributed by atoms with Crippen LogP contribution in [0.25, 0.3) is 6.08 Å². The van der Waals surface area contributed by atoms with Crippen LogP contribution in [0.5, 0.6) is 0 Å². The molecule has 8 heteroatoms. The summed E-state index contributed by atoms with van der Waals surface area (Å²) in [5.74, 6) is -0.176. The van der Waals surface area contributed by atoms with Crippen molar-refractivity contribution in [3.05, 3.63) is 40.0 Å². The molecular formula is C18H22N2O6. The third-order valence-corrected chi connectivity index (χ3v) is 4.72. The molecule has 0 atom stereocenters. The van der Waals surface area contributed by atoms with Crippen LogP contribution in [-0.2, 0) is 19.0 Å². The molecule has 2 heterocycles. The summed E-state index contributed by atoms with van der Waals surface area (Å²) in [6, 6.07) is 4.97. The zero-order valence-electron chi connectivity index (χ0n) is 14.6. The Morgan fingerprint density at radius 1 is 1.31 bits per heavy atom.